The summed E-state index contributed by atoms with van der Waals surface area (Å²) in [6.07, 6.45) is 0.798. The predicted octanol–water partition coefficient (Wildman–Crippen LogP) is 0.964. The van der Waals surface area contributed by atoms with E-state index < -0.39 is 48.0 Å². The second-order valence-corrected chi connectivity index (χ2v) is 8.30. The third-order valence-electron chi connectivity index (χ3n) is 4.62. The van der Waals surface area contributed by atoms with Crippen LogP contribution in [-0.2, 0) is 4.74 Å². The van der Waals surface area contributed by atoms with E-state index in [-0.39, 0.29) is 11.3 Å². The molecule has 2 aromatic rings. The van der Waals surface area contributed by atoms with E-state index in [2.05, 4.69) is 15.7 Å². The van der Waals surface area contributed by atoms with Crippen LogP contribution in [0.3, 0.4) is 0 Å². The second kappa shape index (κ2) is 10.6. The Morgan fingerprint density at radius 2 is 2.00 bits per heavy atom. The van der Waals surface area contributed by atoms with Crippen molar-refractivity contribution < 1.29 is 28.8 Å². The van der Waals surface area contributed by atoms with Crippen molar-refractivity contribution in [3.63, 3.8) is 0 Å². The quantitative estimate of drug-likeness (QED) is 0.256. The highest BCUT2D eigenvalue weighted by Gasteiger charge is 2.44. The Bertz CT molecular complexity index is 942. The van der Waals surface area contributed by atoms with Crippen molar-refractivity contribution in [1.29, 1.82) is 0 Å². The first-order chi connectivity index (χ1) is 14.8. The first kappa shape index (κ1) is 23.7. The summed E-state index contributed by atoms with van der Waals surface area (Å²) >= 11 is 7.06. The fraction of sp³-hybridized carbons (Fsp3) is 0.316. The van der Waals surface area contributed by atoms with Crippen LogP contribution in [0.4, 0.5) is 8.78 Å². The summed E-state index contributed by atoms with van der Waals surface area (Å²) in [6.45, 7) is -0.494. The van der Waals surface area contributed by atoms with Crippen LogP contribution in [0.25, 0.3) is 5.70 Å². The van der Waals surface area contributed by atoms with E-state index in [1.807, 2.05) is 0 Å². The van der Waals surface area contributed by atoms with Crippen molar-refractivity contribution in [3.8, 4) is 0 Å². The Morgan fingerprint density at radius 3 is 2.65 bits per heavy atom. The van der Waals surface area contributed by atoms with Gasteiger partial charge in [-0.15, -0.1) is 0 Å². The minimum absolute atomic E-state index is 0.175. The first-order valence-corrected chi connectivity index (χ1v) is 10.4. The van der Waals surface area contributed by atoms with Gasteiger partial charge in [0.2, 0.25) is 0 Å². The zero-order chi connectivity index (χ0) is 22.5. The van der Waals surface area contributed by atoms with Crippen molar-refractivity contribution in [2.24, 2.45) is 5.84 Å². The molecular weight excluding hydrogens is 454 g/mol. The standard InChI is InChI=1S/C19H21ClF2N4O4S/c20-10-4-11(6-24-5-10)31-19-18(29)16(17(28)15(8-27)30-19)25-7-14(26-23)9-1-2-12(21)13(22)3-9/h1-7,15-19,25-29H,8,23H2/b14-7-/t15?,16?,17-,18?,19+/m0/s1. The lowest BCUT2D eigenvalue weighted by Crippen LogP contribution is -2.62. The van der Waals surface area contributed by atoms with Crippen LogP contribution in [0, 0.1) is 11.6 Å². The number of pyridine rings is 1. The zero-order valence-corrected chi connectivity index (χ0v) is 17.5. The molecule has 0 saturated carbocycles. The van der Waals surface area contributed by atoms with E-state index in [0.29, 0.717) is 9.92 Å². The number of nitrogens with one attached hydrogen (secondary N) is 2. The van der Waals surface area contributed by atoms with E-state index in [0.717, 1.165) is 23.9 Å². The SMILES string of the molecule is NN/C(=C\NC1C(O)[C@@H](Sc2cncc(Cl)c2)OC(CO)[C@@H]1O)c1ccc(F)c(F)c1. The molecule has 0 amide bonds. The highest BCUT2D eigenvalue weighted by atomic mass is 35.5. The van der Waals surface area contributed by atoms with Gasteiger partial charge in [0.15, 0.2) is 11.6 Å². The molecule has 0 aliphatic carbocycles. The summed E-state index contributed by atoms with van der Waals surface area (Å²) in [5, 5.41) is 34.1. The van der Waals surface area contributed by atoms with Gasteiger partial charge in [-0.05, 0) is 24.3 Å². The third-order valence-corrected chi connectivity index (χ3v) is 5.95. The summed E-state index contributed by atoms with van der Waals surface area (Å²) in [5.41, 5.74) is 1.89. The Kier molecular flexibility index (Phi) is 8.06. The van der Waals surface area contributed by atoms with E-state index >= 15 is 0 Å². The van der Waals surface area contributed by atoms with Crippen molar-refractivity contribution in [2.75, 3.05) is 6.61 Å². The number of aliphatic hydroxyl groups excluding tert-OH is 3. The van der Waals surface area contributed by atoms with E-state index in [1.54, 1.807) is 6.07 Å². The average molecular weight is 475 g/mol. The number of thioether (sulfide) groups is 1. The van der Waals surface area contributed by atoms with Gasteiger partial charge in [0, 0.05) is 29.1 Å². The molecule has 7 N–H and O–H groups in total. The topological polar surface area (TPSA) is 133 Å². The van der Waals surface area contributed by atoms with Gasteiger partial charge in [-0.1, -0.05) is 23.4 Å². The van der Waals surface area contributed by atoms with Gasteiger partial charge in [-0.25, -0.2) is 8.78 Å². The molecule has 12 heteroatoms. The number of ether oxygens (including phenoxy) is 1. The number of benzene rings is 1. The fourth-order valence-corrected chi connectivity index (χ4v) is 4.35. The number of hydrogen-bond donors (Lipinski definition) is 6. The van der Waals surface area contributed by atoms with Crippen LogP contribution >= 0.6 is 23.4 Å². The van der Waals surface area contributed by atoms with Gasteiger partial charge in [-0.3, -0.25) is 10.8 Å². The van der Waals surface area contributed by atoms with Crippen molar-refractivity contribution in [3.05, 3.63) is 65.1 Å². The normalized spacial score (nSPS) is 26.5. The number of hydrogen-bond acceptors (Lipinski definition) is 9. The molecule has 168 valence electrons. The monoisotopic (exact) mass is 474 g/mol. The Morgan fingerprint density at radius 1 is 1.23 bits per heavy atom. The molecule has 1 fully saturated rings. The average Bonchev–Trinajstić information content (AvgIpc) is 2.75. The van der Waals surface area contributed by atoms with Gasteiger partial charge in [0.05, 0.1) is 23.4 Å². The smallest absolute Gasteiger partial charge is 0.159 e. The minimum atomic E-state index is -1.28. The maximum absolute atomic E-state index is 13.5. The number of hydrazine groups is 1. The molecule has 0 radical (unpaired) electrons. The van der Waals surface area contributed by atoms with Crippen LogP contribution in [0.15, 0.2) is 47.8 Å². The molecular formula is C19H21ClF2N4O4S. The van der Waals surface area contributed by atoms with Gasteiger partial charge in [0.25, 0.3) is 0 Å². The molecule has 3 unspecified atom stereocenters. The third kappa shape index (κ3) is 5.63. The minimum Gasteiger partial charge on any atom is -0.394 e. The maximum Gasteiger partial charge on any atom is 0.159 e. The Balaban J connectivity index is 1.81. The van der Waals surface area contributed by atoms with E-state index in [4.69, 9.17) is 22.2 Å². The largest absolute Gasteiger partial charge is 0.394 e. The highest BCUT2D eigenvalue weighted by Crippen LogP contribution is 2.34. The molecule has 0 spiro atoms. The van der Waals surface area contributed by atoms with Crippen molar-refractivity contribution >= 4 is 29.1 Å². The molecule has 1 aliphatic heterocycles. The number of rotatable bonds is 7. The summed E-state index contributed by atoms with van der Waals surface area (Å²) in [5.74, 6) is 3.42. The zero-order valence-electron chi connectivity index (χ0n) is 16.0. The van der Waals surface area contributed by atoms with Gasteiger partial charge in [0.1, 0.15) is 23.7 Å². The molecule has 1 aromatic heterocycles. The van der Waals surface area contributed by atoms with Crippen molar-refractivity contribution in [2.45, 2.75) is 34.7 Å². The summed E-state index contributed by atoms with van der Waals surface area (Å²) < 4.78 is 32.4. The van der Waals surface area contributed by atoms with Gasteiger partial charge in [-0.2, -0.15) is 0 Å². The lowest BCUT2D eigenvalue weighted by atomic mass is 9.97. The highest BCUT2D eigenvalue weighted by molar-refractivity contribution is 7.99. The van der Waals surface area contributed by atoms with Crippen LogP contribution in [0.1, 0.15) is 5.56 Å². The molecule has 3 rings (SSSR count). The molecule has 2 heterocycles. The lowest BCUT2D eigenvalue weighted by molar-refractivity contribution is -0.164. The fourth-order valence-electron chi connectivity index (χ4n) is 3.02. The van der Waals surface area contributed by atoms with Crippen LogP contribution < -0.4 is 16.6 Å². The molecule has 0 bridgehead atoms. The number of nitrogens with two attached hydrogens (primary N) is 1. The Labute approximate surface area is 186 Å². The maximum atomic E-state index is 13.5. The molecule has 31 heavy (non-hydrogen) atoms. The number of nitrogens with zero attached hydrogens (tertiary/aromatic N) is 1. The van der Waals surface area contributed by atoms with Crippen LogP contribution in [0.2, 0.25) is 5.02 Å². The van der Waals surface area contributed by atoms with E-state index in [9.17, 15) is 24.1 Å². The Hall–Kier alpha value is -1.99. The second-order valence-electron chi connectivity index (χ2n) is 6.69. The van der Waals surface area contributed by atoms with Crippen molar-refractivity contribution in [1.82, 2.24) is 15.7 Å². The number of halogens is 3. The molecule has 1 aliphatic rings. The van der Waals surface area contributed by atoms with Crippen LogP contribution in [0.5, 0.6) is 0 Å². The lowest BCUT2D eigenvalue weighted by Gasteiger charge is -2.42. The summed E-state index contributed by atoms with van der Waals surface area (Å²) in [7, 11) is 0. The van der Waals surface area contributed by atoms with Gasteiger partial charge >= 0.3 is 0 Å². The molecule has 5 atom stereocenters. The van der Waals surface area contributed by atoms with Crippen LogP contribution in [-0.4, -0.2) is 56.7 Å². The van der Waals surface area contributed by atoms with E-state index in [1.165, 1.54) is 24.7 Å². The molecule has 8 nitrogen and oxygen atoms in total. The molecule has 1 aromatic carbocycles. The van der Waals surface area contributed by atoms with Gasteiger partial charge < -0.3 is 30.8 Å². The predicted molar refractivity (Wildman–Crippen MR) is 111 cm³/mol. The summed E-state index contributed by atoms with van der Waals surface area (Å²) in [6, 6.07) is 3.85. The number of aliphatic hydroxyl groups is 3. The number of aromatic nitrogens is 1. The molecule has 1 saturated heterocycles. The first-order valence-electron chi connectivity index (χ1n) is 9.12. The summed E-state index contributed by atoms with van der Waals surface area (Å²) in [4.78, 5) is 4.59.